The lowest BCUT2D eigenvalue weighted by Gasteiger charge is -2.16. The lowest BCUT2D eigenvalue weighted by atomic mass is 9.96. The average Bonchev–Trinajstić information content (AvgIpc) is 2.66. The van der Waals surface area contributed by atoms with E-state index in [-0.39, 0.29) is 13.4 Å². The SMILES string of the molecule is Cc1cc2c(c(C(N)CO)c1C)OCO2. The molecule has 0 saturated carbocycles. The van der Waals surface area contributed by atoms with Crippen molar-refractivity contribution in [2.75, 3.05) is 13.4 Å². The van der Waals surface area contributed by atoms with E-state index in [0.717, 1.165) is 22.4 Å². The van der Waals surface area contributed by atoms with Gasteiger partial charge in [-0.05, 0) is 31.0 Å². The molecule has 0 amide bonds. The lowest BCUT2D eigenvalue weighted by Crippen LogP contribution is -2.17. The van der Waals surface area contributed by atoms with E-state index in [2.05, 4.69) is 0 Å². The zero-order valence-corrected chi connectivity index (χ0v) is 8.91. The van der Waals surface area contributed by atoms with E-state index in [9.17, 15) is 0 Å². The van der Waals surface area contributed by atoms with Crippen LogP contribution in [0.3, 0.4) is 0 Å². The molecule has 0 saturated heterocycles. The number of rotatable bonds is 2. The highest BCUT2D eigenvalue weighted by Crippen LogP contribution is 2.41. The Morgan fingerprint density at radius 1 is 1.47 bits per heavy atom. The Hall–Kier alpha value is -1.26. The van der Waals surface area contributed by atoms with Gasteiger partial charge in [-0.15, -0.1) is 0 Å². The number of benzene rings is 1. The Kier molecular flexibility index (Phi) is 2.54. The van der Waals surface area contributed by atoms with Crippen LogP contribution >= 0.6 is 0 Å². The monoisotopic (exact) mass is 209 g/mol. The number of ether oxygens (including phenoxy) is 2. The second kappa shape index (κ2) is 3.72. The lowest BCUT2D eigenvalue weighted by molar-refractivity contribution is 0.172. The molecule has 1 heterocycles. The summed E-state index contributed by atoms with van der Waals surface area (Å²) in [5, 5.41) is 9.11. The molecule has 1 aromatic carbocycles. The number of hydrogen-bond acceptors (Lipinski definition) is 4. The first-order chi connectivity index (χ1) is 7.15. The van der Waals surface area contributed by atoms with Crippen molar-refractivity contribution in [1.82, 2.24) is 0 Å². The summed E-state index contributed by atoms with van der Waals surface area (Å²) < 4.78 is 10.7. The normalized spacial score (nSPS) is 15.5. The smallest absolute Gasteiger partial charge is 0.231 e. The van der Waals surface area contributed by atoms with Gasteiger partial charge in [0.25, 0.3) is 0 Å². The molecule has 1 aliphatic heterocycles. The van der Waals surface area contributed by atoms with Gasteiger partial charge in [0.1, 0.15) is 0 Å². The number of fused-ring (bicyclic) bond motifs is 1. The molecular formula is C11H15NO3. The first-order valence-electron chi connectivity index (χ1n) is 4.91. The molecule has 0 aromatic heterocycles. The largest absolute Gasteiger partial charge is 0.454 e. The summed E-state index contributed by atoms with van der Waals surface area (Å²) >= 11 is 0. The summed E-state index contributed by atoms with van der Waals surface area (Å²) in [6, 6.07) is 1.52. The van der Waals surface area contributed by atoms with Crippen LogP contribution in [0.15, 0.2) is 6.07 Å². The van der Waals surface area contributed by atoms with Crippen molar-refractivity contribution in [3.63, 3.8) is 0 Å². The fourth-order valence-electron chi connectivity index (χ4n) is 1.83. The van der Waals surface area contributed by atoms with Gasteiger partial charge in [0.15, 0.2) is 11.5 Å². The number of aliphatic hydroxyl groups is 1. The molecular weight excluding hydrogens is 194 g/mol. The van der Waals surface area contributed by atoms with Crippen molar-refractivity contribution in [1.29, 1.82) is 0 Å². The molecule has 2 rings (SSSR count). The molecule has 82 valence electrons. The van der Waals surface area contributed by atoms with Crippen LogP contribution < -0.4 is 15.2 Å². The van der Waals surface area contributed by atoms with E-state index in [0.29, 0.717) is 5.75 Å². The van der Waals surface area contributed by atoms with E-state index >= 15 is 0 Å². The quantitative estimate of drug-likeness (QED) is 0.763. The van der Waals surface area contributed by atoms with Crippen LogP contribution in [0, 0.1) is 13.8 Å². The van der Waals surface area contributed by atoms with E-state index in [1.165, 1.54) is 0 Å². The fraction of sp³-hybridized carbons (Fsp3) is 0.455. The van der Waals surface area contributed by atoms with Gasteiger partial charge in [0, 0.05) is 5.56 Å². The van der Waals surface area contributed by atoms with Crippen LogP contribution in [-0.2, 0) is 0 Å². The zero-order chi connectivity index (χ0) is 11.0. The Morgan fingerprint density at radius 2 is 2.20 bits per heavy atom. The minimum Gasteiger partial charge on any atom is -0.454 e. The molecule has 0 fully saturated rings. The highest BCUT2D eigenvalue weighted by atomic mass is 16.7. The van der Waals surface area contributed by atoms with Gasteiger partial charge in [0.2, 0.25) is 6.79 Å². The molecule has 1 unspecified atom stereocenters. The molecule has 1 atom stereocenters. The molecule has 0 aliphatic carbocycles. The molecule has 15 heavy (non-hydrogen) atoms. The molecule has 0 radical (unpaired) electrons. The van der Waals surface area contributed by atoms with E-state index in [4.69, 9.17) is 20.3 Å². The number of nitrogens with two attached hydrogens (primary N) is 1. The molecule has 4 nitrogen and oxygen atoms in total. The van der Waals surface area contributed by atoms with Crippen LogP contribution in [0.25, 0.3) is 0 Å². The van der Waals surface area contributed by atoms with Crippen LogP contribution in [-0.4, -0.2) is 18.5 Å². The summed E-state index contributed by atoms with van der Waals surface area (Å²) in [7, 11) is 0. The number of hydrogen-bond donors (Lipinski definition) is 2. The highest BCUT2D eigenvalue weighted by molar-refractivity contribution is 5.56. The summed E-state index contributed by atoms with van der Waals surface area (Å²) in [4.78, 5) is 0. The third-order valence-corrected chi connectivity index (χ3v) is 2.80. The maximum Gasteiger partial charge on any atom is 0.231 e. The van der Waals surface area contributed by atoms with E-state index in [1.807, 2.05) is 19.9 Å². The van der Waals surface area contributed by atoms with Gasteiger partial charge in [-0.2, -0.15) is 0 Å². The predicted octanol–water partition coefficient (Wildman–Crippen LogP) is 1.02. The topological polar surface area (TPSA) is 64.7 Å². The van der Waals surface area contributed by atoms with Crippen molar-refractivity contribution >= 4 is 0 Å². The van der Waals surface area contributed by atoms with Gasteiger partial charge in [0.05, 0.1) is 12.6 Å². The summed E-state index contributed by atoms with van der Waals surface area (Å²) in [6.07, 6.45) is 0. The molecule has 3 N–H and O–H groups in total. The number of aryl methyl sites for hydroxylation is 1. The van der Waals surface area contributed by atoms with Crippen LogP contribution in [0.4, 0.5) is 0 Å². The minimum atomic E-state index is -0.416. The first-order valence-corrected chi connectivity index (χ1v) is 4.91. The van der Waals surface area contributed by atoms with Crippen LogP contribution in [0.5, 0.6) is 11.5 Å². The molecule has 1 aliphatic rings. The molecule has 0 bridgehead atoms. The van der Waals surface area contributed by atoms with Crippen molar-refractivity contribution < 1.29 is 14.6 Å². The molecule has 1 aromatic rings. The summed E-state index contributed by atoms with van der Waals surface area (Å²) in [5.41, 5.74) is 8.86. The Balaban J connectivity index is 2.60. The maximum atomic E-state index is 9.11. The van der Waals surface area contributed by atoms with Gasteiger partial charge in [-0.1, -0.05) is 0 Å². The first kappa shape index (κ1) is 10.3. The predicted molar refractivity (Wildman–Crippen MR) is 56.1 cm³/mol. The Morgan fingerprint density at radius 3 is 2.87 bits per heavy atom. The summed E-state index contributed by atoms with van der Waals surface area (Å²) in [5.74, 6) is 1.40. The molecule has 0 spiro atoms. The third-order valence-electron chi connectivity index (χ3n) is 2.80. The van der Waals surface area contributed by atoms with Gasteiger partial charge in [-0.25, -0.2) is 0 Å². The van der Waals surface area contributed by atoms with E-state index < -0.39 is 6.04 Å². The van der Waals surface area contributed by atoms with Crippen LogP contribution in [0.1, 0.15) is 22.7 Å². The maximum absolute atomic E-state index is 9.11. The number of aliphatic hydroxyl groups excluding tert-OH is 1. The van der Waals surface area contributed by atoms with Crippen molar-refractivity contribution in [2.45, 2.75) is 19.9 Å². The second-order valence-electron chi connectivity index (χ2n) is 3.75. The average molecular weight is 209 g/mol. The minimum absolute atomic E-state index is 0.0971. The van der Waals surface area contributed by atoms with Gasteiger partial charge >= 0.3 is 0 Å². The third kappa shape index (κ3) is 1.56. The van der Waals surface area contributed by atoms with Gasteiger partial charge < -0.3 is 20.3 Å². The summed E-state index contributed by atoms with van der Waals surface area (Å²) in [6.45, 7) is 4.09. The Bertz CT molecular complexity index is 390. The standard InChI is InChI=1S/C11H15NO3/c1-6-3-9-11(15-5-14-9)10(7(6)2)8(12)4-13/h3,8,13H,4-5,12H2,1-2H3. The van der Waals surface area contributed by atoms with Crippen molar-refractivity contribution in [3.05, 3.63) is 22.8 Å². The van der Waals surface area contributed by atoms with Crippen molar-refractivity contribution in [3.8, 4) is 11.5 Å². The zero-order valence-electron chi connectivity index (χ0n) is 8.91. The fourth-order valence-corrected chi connectivity index (χ4v) is 1.83. The highest BCUT2D eigenvalue weighted by Gasteiger charge is 2.24. The molecule has 4 heteroatoms. The van der Waals surface area contributed by atoms with Crippen molar-refractivity contribution in [2.24, 2.45) is 5.73 Å². The van der Waals surface area contributed by atoms with Gasteiger partial charge in [-0.3, -0.25) is 0 Å². The van der Waals surface area contributed by atoms with Crippen LogP contribution in [0.2, 0.25) is 0 Å². The Labute approximate surface area is 88.6 Å². The second-order valence-corrected chi connectivity index (χ2v) is 3.75. The van der Waals surface area contributed by atoms with E-state index in [1.54, 1.807) is 0 Å².